The second-order valence-corrected chi connectivity index (χ2v) is 12.1. The molecule has 0 radical (unpaired) electrons. The standard InChI is InChI=1S/C19H22ClFO2.C17H25N2O3.CH5N.Fe/c1-5-23-18(22)10-9-17(21)12-16(11-15(4)20)19-13(2)7-6-8-14(19)3;1-13(2)8-15(12-20)19-9-14(4-5-17(19)21)6-7-18-10-16(11-18)22-3;1-2;/h6-8,11-12H,4-5,9-10H2,1-3H3;5,9,12-13,15-16H,6-8,10-11H2,1-3H3;2H2,1H3;/q;-1;;/b16-11+,17-12-;;;. The summed E-state index contributed by atoms with van der Waals surface area (Å²) < 4.78 is 25.8. The minimum Gasteiger partial charge on any atom is -0.466 e. The van der Waals surface area contributed by atoms with E-state index in [-0.39, 0.29) is 41.5 Å². The van der Waals surface area contributed by atoms with Gasteiger partial charge in [-0.05, 0) is 81.0 Å². The van der Waals surface area contributed by atoms with E-state index in [1.54, 1.807) is 30.9 Å². The molecule has 0 spiro atoms. The van der Waals surface area contributed by atoms with Crippen molar-refractivity contribution in [2.75, 3.05) is 40.4 Å². The van der Waals surface area contributed by atoms with E-state index in [0.29, 0.717) is 35.7 Å². The summed E-state index contributed by atoms with van der Waals surface area (Å²) in [6.07, 6.45) is 7.54. The van der Waals surface area contributed by atoms with E-state index in [0.717, 1.165) is 54.6 Å². The number of aldehydes is 1. The van der Waals surface area contributed by atoms with E-state index >= 15 is 0 Å². The van der Waals surface area contributed by atoms with Gasteiger partial charge in [0.15, 0.2) is 0 Å². The molecule has 1 unspecified atom stereocenters. The van der Waals surface area contributed by atoms with E-state index in [9.17, 15) is 18.8 Å². The molecule has 1 aromatic heterocycles. The van der Waals surface area contributed by atoms with E-state index in [4.69, 9.17) is 21.1 Å². The van der Waals surface area contributed by atoms with Crippen LogP contribution in [-0.4, -0.2) is 68.2 Å². The number of pyridine rings is 1. The smallest absolute Gasteiger partial charge is 0.306 e. The van der Waals surface area contributed by atoms with Crippen LogP contribution in [0.4, 0.5) is 4.39 Å². The number of esters is 1. The minimum absolute atomic E-state index is 0. The van der Waals surface area contributed by atoms with Gasteiger partial charge in [-0.1, -0.05) is 56.4 Å². The largest absolute Gasteiger partial charge is 0.466 e. The molecule has 1 saturated heterocycles. The molecule has 1 aliphatic heterocycles. The molecule has 0 saturated carbocycles. The first-order valence-electron chi connectivity index (χ1n) is 15.9. The molecule has 1 aromatic carbocycles. The number of aromatic nitrogens is 1. The number of aryl methyl sites for hydroxylation is 2. The van der Waals surface area contributed by atoms with Crippen molar-refractivity contribution in [1.82, 2.24) is 9.47 Å². The fourth-order valence-corrected chi connectivity index (χ4v) is 5.18. The zero-order chi connectivity index (χ0) is 35.5. The Bertz CT molecular complexity index is 1400. The number of nitrogens with zero attached hydrogens (tertiary/aromatic N) is 2. The molecule has 2 N–H and O–H groups in total. The van der Waals surface area contributed by atoms with Gasteiger partial charge in [0, 0.05) is 55.3 Å². The van der Waals surface area contributed by atoms with Crippen LogP contribution in [0.25, 0.3) is 5.57 Å². The second kappa shape index (κ2) is 24.3. The number of halogens is 2. The second-order valence-electron chi connectivity index (χ2n) is 11.6. The van der Waals surface area contributed by atoms with Gasteiger partial charge in [-0.2, -0.15) is 6.07 Å². The van der Waals surface area contributed by atoms with Crippen molar-refractivity contribution < 1.29 is 40.5 Å². The predicted molar refractivity (Wildman–Crippen MR) is 189 cm³/mol. The molecule has 2 aromatic rings. The number of allylic oxidation sites excluding steroid dienone is 5. The molecule has 0 bridgehead atoms. The summed E-state index contributed by atoms with van der Waals surface area (Å²) in [4.78, 5) is 36.9. The van der Waals surface area contributed by atoms with E-state index < -0.39 is 11.8 Å². The van der Waals surface area contributed by atoms with Crippen LogP contribution in [0.3, 0.4) is 0 Å². The number of carbonyl (C=O) groups is 2. The number of likely N-dealkylation sites (tertiary alicyclic amines) is 1. The Morgan fingerprint density at radius 1 is 1.19 bits per heavy atom. The SMILES string of the molecule is C=C(Cl)/C=C(\C=C(/F)CCC(=O)OCC)c1c(C)cccc1C.CN.COC1CN(CCc2[c-]cc(=O)n(C(C=O)CC(C)C)c2)C1.[Fe]. The first-order chi connectivity index (χ1) is 22.4. The summed E-state index contributed by atoms with van der Waals surface area (Å²) >= 11 is 5.88. The fraction of sp³-hybridized carbons (Fsp3) is 0.486. The van der Waals surface area contributed by atoms with Crippen LogP contribution in [0.1, 0.15) is 68.3 Å². The molecule has 2 heterocycles. The van der Waals surface area contributed by atoms with Crippen molar-refractivity contribution in [3.05, 3.63) is 98.7 Å². The van der Waals surface area contributed by atoms with Crippen LogP contribution >= 0.6 is 11.6 Å². The summed E-state index contributed by atoms with van der Waals surface area (Å²) in [5.74, 6) is -0.443. The molecule has 1 atom stereocenters. The van der Waals surface area contributed by atoms with Crippen molar-refractivity contribution in [3.63, 3.8) is 0 Å². The molecule has 8 nitrogen and oxygen atoms in total. The Hall–Kier alpha value is -2.85. The molecule has 48 heavy (non-hydrogen) atoms. The van der Waals surface area contributed by atoms with Gasteiger partial charge < -0.3 is 29.4 Å². The third kappa shape index (κ3) is 16.0. The summed E-state index contributed by atoms with van der Waals surface area (Å²) in [7, 11) is 3.24. The molecule has 268 valence electrons. The van der Waals surface area contributed by atoms with Crippen molar-refractivity contribution >= 4 is 29.4 Å². The maximum absolute atomic E-state index is 14.2. The quantitative estimate of drug-likeness (QED) is 0.0733. The van der Waals surface area contributed by atoms with Crippen LogP contribution in [-0.2, 0) is 42.6 Å². The molecule has 1 aliphatic rings. The first-order valence-corrected chi connectivity index (χ1v) is 16.3. The molecular formula is C37H52ClFFeN3O5-. The number of ether oxygens (including phenoxy) is 2. The van der Waals surface area contributed by atoms with E-state index in [1.165, 1.54) is 19.2 Å². The third-order valence-corrected chi connectivity index (χ3v) is 7.49. The van der Waals surface area contributed by atoms with Crippen molar-refractivity contribution in [2.24, 2.45) is 11.7 Å². The minimum atomic E-state index is -0.407. The van der Waals surface area contributed by atoms with Gasteiger partial charge in [-0.25, -0.2) is 4.39 Å². The number of hydrogen-bond acceptors (Lipinski definition) is 7. The average molecular weight is 729 g/mol. The summed E-state index contributed by atoms with van der Waals surface area (Å²) in [5.41, 5.74) is 8.90. The van der Waals surface area contributed by atoms with E-state index in [1.807, 2.05) is 45.9 Å². The summed E-state index contributed by atoms with van der Waals surface area (Å²) in [6, 6.07) is 9.95. The Balaban J connectivity index is 0.000000858. The summed E-state index contributed by atoms with van der Waals surface area (Å²) in [6.45, 7) is 16.5. The Kier molecular flexibility index (Phi) is 22.9. The Labute approximate surface area is 301 Å². The average Bonchev–Trinajstić information content (AvgIpc) is 3.00. The summed E-state index contributed by atoms with van der Waals surface area (Å²) in [5, 5.41) is 0.317. The number of nitrogens with two attached hydrogens (primary N) is 1. The first kappa shape index (κ1) is 45.1. The normalized spacial score (nSPS) is 14.0. The van der Waals surface area contributed by atoms with Crippen LogP contribution in [0.2, 0.25) is 0 Å². The predicted octanol–water partition coefficient (Wildman–Crippen LogP) is 6.52. The number of carbonyl (C=O) groups excluding carboxylic acids is 2. The fourth-order valence-electron chi connectivity index (χ4n) is 5.06. The van der Waals surface area contributed by atoms with Gasteiger partial charge >= 0.3 is 5.97 Å². The zero-order valence-electron chi connectivity index (χ0n) is 29.3. The molecule has 0 amide bonds. The van der Waals surface area contributed by atoms with Crippen LogP contribution < -0.4 is 11.3 Å². The van der Waals surface area contributed by atoms with Crippen LogP contribution in [0, 0.1) is 25.8 Å². The number of hydrogen-bond donors (Lipinski definition) is 1. The zero-order valence-corrected chi connectivity index (χ0v) is 31.2. The van der Waals surface area contributed by atoms with Gasteiger partial charge in [-0.3, -0.25) is 9.69 Å². The van der Waals surface area contributed by atoms with Crippen LogP contribution in [0.15, 0.2) is 64.8 Å². The monoisotopic (exact) mass is 728 g/mol. The molecule has 11 heteroatoms. The van der Waals surface area contributed by atoms with Gasteiger partial charge in [-0.15, -0.1) is 11.6 Å². The van der Waals surface area contributed by atoms with Gasteiger partial charge in [0.05, 0.1) is 25.2 Å². The number of rotatable bonds is 15. The van der Waals surface area contributed by atoms with Gasteiger partial charge in [0.1, 0.15) is 17.7 Å². The van der Waals surface area contributed by atoms with Crippen LogP contribution in [0.5, 0.6) is 0 Å². The topological polar surface area (TPSA) is 104 Å². The maximum atomic E-state index is 14.2. The molecular weight excluding hydrogens is 677 g/mol. The van der Waals surface area contributed by atoms with Gasteiger partial charge in [0.2, 0.25) is 0 Å². The van der Waals surface area contributed by atoms with Crippen molar-refractivity contribution in [3.8, 4) is 0 Å². The molecule has 0 aliphatic carbocycles. The molecule has 3 rings (SSSR count). The third-order valence-electron chi connectivity index (χ3n) is 7.38. The number of benzene rings is 1. The molecule has 1 fully saturated rings. The maximum Gasteiger partial charge on any atom is 0.306 e. The van der Waals surface area contributed by atoms with Crippen molar-refractivity contribution in [1.29, 1.82) is 0 Å². The Morgan fingerprint density at radius 3 is 2.33 bits per heavy atom. The van der Waals surface area contributed by atoms with E-state index in [2.05, 4.69) is 23.3 Å². The van der Waals surface area contributed by atoms with Gasteiger partial charge in [0.25, 0.3) is 0 Å². The Morgan fingerprint density at radius 2 is 1.81 bits per heavy atom. The number of methoxy groups -OCH3 is 1. The van der Waals surface area contributed by atoms with Crippen molar-refractivity contribution in [2.45, 2.75) is 72.4 Å².